The summed E-state index contributed by atoms with van der Waals surface area (Å²) in [6.07, 6.45) is 1.59. The number of pyridine rings is 1. The molecule has 0 aliphatic carbocycles. The molecule has 1 heterocycles. The van der Waals surface area contributed by atoms with Crippen LogP contribution in [0.1, 0.15) is 0 Å². The van der Waals surface area contributed by atoms with Gasteiger partial charge in [-0.2, -0.15) is 0 Å². The maximum Gasteiger partial charge on any atom is 0.145 e. The summed E-state index contributed by atoms with van der Waals surface area (Å²) in [4.78, 5) is 3.94. The van der Waals surface area contributed by atoms with Gasteiger partial charge in [0, 0.05) is 4.47 Å². The Labute approximate surface area is 96.0 Å². The van der Waals surface area contributed by atoms with Crippen LogP contribution >= 0.6 is 15.9 Å². The van der Waals surface area contributed by atoms with Crippen LogP contribution in [0.4, 0.5) is 5.82 Å². The predicted octanol–water partition coefficient (Wildman–Crippen LogP) is 3.22. The van der Waals surface area contributed by atoms with Crippen molar-refractivity contribution in [3.63, 3.8) is 0 Å². The van der Waals surface area contributed by atoms with Crippen molar-refractivity contribution in [1.29, 1.82) is 0 Å². The molecule has 0 aliphatic rings. The lowest BCUT2D eigenvalue weighted by Gasteiger charge is -2.04. The largest absolute Gasteiger partial charge is 0.456 e. The summed E-state index contributed by atoms with van der Waals surface area (Å²) >= 11 is 3.36. The van der Waals surface area contributed by atoms with Gasteiger partial charge in [0.05, 0.1) is 6.20 Å². The Kier molecular flexibility index (Phi) is 2.87. The first kappa shape index (κ1) is 9.98. The molecule has 0 atom stereocenters. The summed E-state index contributed by atoms with van der Waals surface area (Å²) in [5.74, 6) is 1.93. The maximum atomic E-state index is 5.55. The van der Waals surface area contributed by atoms with E-state index in [2.05, 4.69) is 20.9 Å². The van der Waals surface area contributed by atoms with E-state index in [4.69, 9.17) is 10.5 Å². The molecule has 2 N–H and O–H groups in total. The van der Waals surface area contributed by atoms with Gasteiger partial charge >= 0.3 is 0 Å². The maximum absolute atomic E-state index is 5.55. The number of nitrogens with two attached hydrogens (primary N) is 1. The van der Waals surface area contributed by atoms with Crippen LogP contribution in [0.15, 0.2) is 47.1 Å². The average molecular weight is 265 g/mol. The fourth-order valence-electron chi connectivity index (χ4n) is 1.09. The molecule has 15 heavy (non-hydrogen) atoms. The van der Waals surface area contributed by atoms with Gasteiger partial charge in [0.25, 0.3) is 0 Å². The van der Waals surface area contributed by atoms with Crippen LogP contribution in [-0.4, -0.2) is 4.98 Å². The van der Waals surface area contributed by atoms with Crippen molar-refractivity contribution < 1.29 is 4.74 Å². The van der Waals surface area contributed by atoms with Crippen molar-refractivity contribution >= 4 is 21.7 Å². The number of hydrogen-bond acceptors (Lipinski definition) is 3. The lowest BCUT2D eigenvalue weighted by atomic mass is 10.3. The quantitative estimate of drug-likeness (QED) is 0.906. The first-order valence-corrected chi connectivity index (χ1v) is 5.18. The smallest absolute Gasteiger partial charge is 0.145 e. The zero-order valence-corrected chi connectivity index (χ0v) is 9.44. The summed E-state index contributed by atoms with van der Waals surface area (Å²) in [5, 5.41) is 0. The van der Waals surface area contributed by atoms with Crippen molar-refractivity contribution in [2.24, 2.45) is 0 Å². The normalized spacial score (nSPS) is 9.93. The van der Waals surface area contributed by atoms with Crippen molar-refractivity contribution in [3.8, 4) is 11.5 Å². The van der Waals surface area contributed by atoms with Crippen molar-refractivity contribution in [2.45, 2.75) is 0 Å². The molecule has 4 heteroatoms. The molecule has 3 nitrogen and oxygen atoms in total. The summed E-state index contributed by atoms with van der Waals surface area (Å²) in [7, 11) is 0. The Hall–Kier alpha value is -1.55. The molecule has 0 spiro atoms. The Balaban J connectivity index is 2.15. The molecular formula is C11H9BrN2O. The zero-order valence-electron chi connectivity index (χ0n) is 7.85. The van der Waals surface area contributed by atoms with Crippen molar-refractivity contribution in [2.75, 3.05) is 5.73 Å². The Morgan fingerprint density at radius 3 is 2.27 bits per heavy atom. The van der Waals surface area contributed by atoms with Gasteiger partial charge in [0.2, 0.25) is 0 Å². The number of ether oxygens (including phenoxy) is 1. The van der Waals surface area contributed by atoms with E-state index in [9.17, 15) is 0 Å². The van der Waals surface area contributed by atoms with Crippen LogP contribution in [0.25, 0.3) is 0 Å². The lowest BCUT2D eigenvalue weighted by molar-refractivity contribution is 0.480. The van der Waals surface area contributed by atoms with Gasteiger partial charge in [-0.15, -0.1) is 0 Å². The molecule has 0 unspecified atom stereocenters. The molecular weight excluding hydrogens is 256 g/mol. The van der Waals surface area contributed by atoms with Crippen LogP contribution in [-0.2, 0) is 0 Å². The third-order valence-electron chi connectivity index (χ3n) is 1.81. The number of hydrogen-bond donors (Lipinski definition) is 1. The number of aromatic nitrogens is 1. The lowest BCUT2D eigenvalue weighted by Crippen LogP contribution is -1.90. The van der Waals surface area contributed by atoms with Gasteiger partial charge in [-0.05, 0) is 36.4 Å². The zero-order chi connectivity index (χ0) is 10.7. The second-order valence-corrected chi connectivity index (χ2v) is 3.89. The molecule has 0 radical (unpaired) electrons. The second kappa shape index (κ2) is 4.31. The van der Waals surface area contributed by atoms with Crippen LogP contribution in [0, 0.1) is 0 Å². The van der Waals surface area contributed by atoms with Gasteiger partial charge in [0.1, 0.15) is 17.3 Å². The standard InChI is InChI=1S/C11H9BrN2O/c12-8-1-3-9(4-2-8)15-10-5-6-11(13)14-7-10/h1-7H,(H2,13,14). The van der Waals surface area contributed by atoms with Crippen LogP contribution in [0.3, 0.4) is 0 Å². The first-order chi connectivity index (χ1) is 7.24. The molecule has 2 rings (SSSR count). The van der Waals surface area contributed by atoms with Gasteiger partial charge in [-0.25, -0.2) is 4.98 Å². The number of anilines is 1. The summed E-state index contributed by atoms with van der Waals surface area (Å²) in [5.41, 5.74) is 5.47. The molecule has 0 bridgehead atoms. The SMILES string of the molecule is Nc1ccc(Oc2ccc(Br)cc2)cn1. The molecule has 76 valence electrons. The molecule has 1 aromatic heterocycles. The highest BCUT2D eigenvalue weighted by molar-refractivity contribution is 9.10. The molecule has 0 aliphatic heterocycles. The van der Waals surface area contributed by atoms with E-state index in [-0.39, 0.29) is 0 Å². The van der Waals surface area contributed by atoms with Crippen LogP contribution in [0.5, 0.6) is 11.5 Å². The van der Waals surface area contributed by atoms with Gasteiger partial charge in [-0.1, -0.05) is 15.9 Å². The number of nitrogen functional groups attached to an aromatic ring is 1. The molecule has 1 aromatic carbocycles. The van der Waals surface area contributed by atoms with E-state index in [0.717, 1.165) is 10.2 Å². The van der Waals surface area contributed by atoms with Crippen molar-refractivity contribution in [1.82, 2.24) is 4.98 Å². The fourth-order valence-corrected chi connectivity index (χ4v) is 1.36. The predicted molar refractivity (Wildman–Crippen MR) is 62.9 cm³/mol. The number of rotatable bonds is 2. The van der Waals surface area contributed by atoms with Crippen LogP contribution < -0.4 is 10.5 Å². The molecule has 0 amide bonds. The summed E-state index contributed by atoms with van der Waals surface area (Å²) in [6, 6.07) is 11.1. The van der Waals surface area contributed by atoms with Gasteiger partial charge < -0.3 is 10.5 Å². The van der Waals surface area contributed by atoms with E-state index < -0.39 is 0 Å². The number of halogens is 1. The fraction of sp³-hybridized carbons (Fsp3) is 0. The Bertz CT molecular complexity index is 396. The van der Waals surface area contributed by atoms with E-state index in [1.807, 2.05) is 24.3 Å². The highest BCUT2D eigenvalue weighted by Gasteiger charge is 1.97. The highest BCUT2D eigenvalue weighted by atomic mass is 79.9. The second-order valence-electron chi connectivity index (χ2n) is 2.97. The van der Waals surface area contributed by atoms with Gasteiger partial charge in [-0.3, -0.25) is 0 Å². The molecule has 0 fully saturated rings. The number of benzene rings is 1. The minimum absolute atomic E-state index is 0.484. The average Bonchev–Trinajstić information content (AvgIpc) is 2.25. The van der Waals surface area contributed by atoms with E-state index in [0.29, 0.717) is 11.6 Å². The van der Waals surface area contributed by atoms with E-state index >= 15 is 0 Å². The molecule has 0 saturated heterocycles. The third kappa shape index (κ3) is 2.70. The molecule has 2 aromatic rings. The third-order valence-corrected chi connectivity index (χ3v) is 2.34. The summed E-state index contributed by atoms with van der Waals surface area (Å²) < 4.78 is 6.57. The summed E-state index contributed by atoms with van der Waals surface area (Å²) in [6.45, 7) is 0. The van der Waals surface area contributed by atoms with Gasteiger partial charge in [0.15, 0.2) is 0 Å². The highest BCUT2D eigenvalue weighted by Crippen LogP contribution is 2.22. The minimum Gasteiger partial charge on any atom is -0.456 e. The first-order valence-electron chi connectivity index (χ1n) is 4.39. The number of nitrogens with zero attached hydrogens (tertiary/aromatic N) is 1. The topological polar surface area (TPSA) is 48.1 Å². The Morgan fingerprint density at radius 2 is 1.67 bits per heavy atom. The van der Waals surface area contributed by atoms with E-state index in [1.165, 1.54) is 0 Å². The van der Waals surface area contributed by atoms with Crippen LogP contribution in [0.2, 0.25) is 0 Å². The van der Waals surface area contributed by atoms with Crippen molar-refractivity contribution in [3.05, 3.63) is 47.1 Å². The molecule has 0 saturated carbocycles. The van der Waals surface area contributed by atoms with E-state index in [1.54, 1.807) is 18.3 Å². The Morgan fingerprint density at radius 1 is 1.00 bits per heavy atom. The minimum atomic E-state index is 0.484. The monoisotopic (exact) mass is 264 g/mol.